The van der Waals surface area contributed by atoms with Crippen molar-refractivity contribution >= 4 is 11.8 Å². The maximum Gasteiger partial charge on any atom is 0.249 e. The van der Waals surface area contributed by atoms with Gasteiger partial charge in [0.25, 0.3) is 0 Å². The fraction of sp³-hybridized carbons (Fsp3) is 0.529. The third-order valence-corrected chi connectivity index (χ3v) is 4.04. The van der Waals surface area contributed by atoms with Crippen LogP contribution in [-0.4, -0.2) is 42.9 Å². The first kappa shape index (κ1) is 17.4. The summed E-state index contributed by atoms with van der Waals surface area (Å²) in [6.45, 7) is 2.12. The third kappa shape index (κ3) is 4.53. The first-order chi connectivity index (χ1) is 11.0. The predicted molar refractivity (Wildman–Crippen MR) is 89.4 cm³/mol. The molecule has 3 N–H and O–H groups in total. The van der Waals surface area contributed by atoms with Crippen LogP contribution in [0, 0.1) is 0 Å². The van der Waals surface area contributed by atoms with Crippen molar-refractivity contribution in [3.8, 4) is 0 Å². The van der Waals surface area contributed by atoms with Crippen molar-refractivity contribution < 1.29 is 9.59 Å². The molecule has 2 rings (SSSR count). The molecule has 0 bridgehead atoms. The van der Waals surface area contributed by atoms with Crippen LogP contribution in [0.25, 0.3) is 0 Å². The molecule has 23 heavy (non-hydrogen) atoms. The van der Waals surface area contributed by atoms with Crippen molar-refractivity contribution in [2.45, 2.75) is 44.3 Å². The Morgan fingerprint density at radius 1 is 1.26 bits per heavy atom. The fourth-order valence-corrected chi connectivity index (χ4v) is 2.77. The van der Waals surface area contributed by atoms with Gasteiger partial charge in [-0.3, -0.25) is 15.0 Å². The Morgan fingerprint density at radius 3 is 2.57 bits per heavy atom. The lowest BCUT2D eigenvalue weighted by Crippen LogP contribution is -2.47. The maximum atomic E-state index is 12.5. The topological polar surface area (TPSA) is 73.5 Å². The summed E-state index contributed by atoms with van der Waals surface area (Å²) in [6, 6.07) is 8.65. The van der Waals surface area contributed by atoms with Crippen LogP contribution in [0.5, 0.6) is 0 Å². The quantitative estimate of drug-likeness (QED) is 0.731. The molecule has 3 unspecified atom stereocenters. The average molecular weight is 318 g/mol. The monoisotopic (exact) mass is 318 g/mol. The molecular weight excluding hydrogens is 292 g/mol. The Balaban J connectivity index is 2.06. The van der Waals surface area contributed by atoms with Gasteiger partial charge in [-0.05, 0) is 18.4 Å². The van der Waals surface area contributed by atoms with E-state index in [0.717, 1.165) is 24.8 Å². The predicted octanol–water partition coefficient (Wildman–Crippen LogP) is 0.967. The van der Waals surface area contributed by atoms with Gasteiger partial charge in [0.2, 0.25) is 11.8 Å². The summed E-state index contributed by atoms with van der Waals surface area (Å²) in [7, 11) is 3.38. The molecule has 0 saturated carbocycles. The molecule has 0 aliphatic carbocycles. The van der Waals surface area contributed by atoms with E-state index in [2.05, 4.69) is 23.1 Å². The Morgan fingerprint density at radius 2 is 1.96 bits per heavy atom. The summed E-state index contributed by atoms with van der Waals surface area (Å²) >= 11 is 0. The minimum absolute atomic E-state index is 0.138. The second kappa shape index (κ2) is 8.08. The summed E-state index contributed by atoms with van der Waals surface area (Å²) < 4.78 is 0. The van der Waals surface area contributed by atoms with Gasteiger partial charge in [-0.2, -0.15) is 0 Å². The van der Waals surface area contributed by atoms with Crippen LogP contribution in [0.2, 0.25) is 0 Å². The SMILES string of the molecule is CCCC1CC(C(=O)NC(C(=O)N(C)C)c2ccccc2)NN1. The summed E-state index contributed by atoms with van der Waals surface area (Å²) in [6.07, 6.45) is 2.83. The van der Waals surface area contributed by atoms with Gasteiger partial charge < -0.3 is 10.2 Å². The lowest BCUT2D eigenvalue weighted by Gasteiger charge is -2.23. The molecule has 1 heterocycles. The molecule has 6 nitrogen and oxygen atoms in total. The molecule has 1 aliphatic heterocycles. The highest BCUT2D eigenvalue weighted by Gasteiger charge is 2.32. The lowest BCUT2D eigenvalue weighted by molar-refractivity contribution is -0.135. The third-order valence-electron chi connectivity index (χ3n) is 4.04. The van der Waals surface area contributed by atoms with E-state index in [1.54, 1.807) is 14.1 Å². The normalized spacial score (nSPS) is 21.7. The number of likely N-dealkylation sites (N-methyl/N-ethyl adjacent to an activating group) is 1. The summed E-state index contributed by atoms with van der Waals surface area (Å²) in [4.78, 5) is 26.5. The van der Waals surface area contributed by atoms with Gasteiger partial charge in [0, 0.05) is 20.1 Å². The highest BCUT2D eigenvalue weighted by Crippen LogP contribution is 2.17. The van der Waals surface area contributed by atoms with Gasteiger partial charge in [-0.15, -0.1) is 0 Å². The molecule has 1 saturated heterocycles. The number of nitrogens with one attached hydrogen (secondary N) is 3. The first-order valence-corrected chi connectivity index (χ1v) is 8.10. The van der Waals surface area contributed by atoms with Crippen LogP contribution < -0.4 is 16.2 Å². The van der Waals surface area contributed by atoms with Crippen molar-refractivity contribution in [2.75, 3.05) is 14.1 Å². The van der Waals surface area contributed by atoms with Crippen molar-refractivity contribution in [1.82, 2.24) is 21.1 Å². The van der Waals surface area contributed by atoms with Gasteiger partial charge in [-0.25, -0.2) is 5.43 Å². The smallest absolute Gasteiger partial charge is 0.249 e. The van der Waals surface area contributed by atoms with Crippen molar-refractivity contribution in [1.29, 1.82) is 0 Å². The summed E-state index contributed by atoms with van der Waals surface area (Å²) in [5.41, 5.74) is 6.96. The van der Waals surface area contributed by atoms with Crippen LogP contribution in [-0.2, 0) is 9.59 Å². The summed E-state index contributed by atoms with van der Waals surface area (Å²) in [5, 5.41) is 2.89. The van der Waals surface area contributed by atoms with Gasteiger partial charge >= 0.3 is 0 Å². The minimum atomic E-state index is -0.661. The molecule has 1 fully saturated rings. The van der Waals surface area contributed by atoms with Crippen molar-refractivity contribution in [3.05, 3.63) is 35.9 Å². The molecule has 1 aliphatic rings. The molecule has 0 aromatic heterocycles. The zero-order valence-corrected chi connectivity index (χ0v) is 14.0. The van der Waals surface area contributed by atoms with E-state index in [0.29, 0.717) is 6.04 Å². The maximum absolute atomic E-state index is 12.5. The lowest BCUT2D eigenvalue weighted by atomic mass is 10.0. The van der Waals surface area contributed by atoms with Crippen LogP contribution in [0.15, 0.2) is 30.3 Å². The average Bonchev–Trinajstić information content (AvgIpc) is 3.01. The molecule has 0 spiro atoms. The fourth-order valence-electron chi connectivity index (χ4n) is 2.77. The Labute approximate surface area is 137 Å². The second-order valence-electron chi connectivity index (χ2n) is 6.15. The number of benzene rings is 1. The highest BCUT2D eigenvalue weighted by molar-refractivity contribution is 5.90. The van der Waals surface area contributed by atoms with Crippen LogP contribution in [0.3, 0.4) is 0 Å². The molecule has 126 valence electrons. The van der Waals surface area contributed by atoms with E-state index in [1.807, 2.05) is 30.3 Å². The second-order valence-corrected chi connectivity index (χ2v) is 6.15. The number of hydrazine groups is 1. The number of amides is 2. The molecular formula is C17H26N4O2. The molecule has 1 aromatic carbocycles. The van der Waals surface area contributed by atoms with Crippen molar-refractivity contribution in [2.24, 2.45) is 0 Å². The van der Waals surface area contributed by atoms with Gasteiger partial charge in [0.1, 0.15) is 12.1 Å². The number of carbonyl (C=O) groups is 2. The van der Waals surface area contributed by atoms with Crippen LogP contribution in [0.1, 0.15) is 37.8 Å². The number of hydrogen-bond donors (Lipinski definition) is 3. The van der Waals surface area contributed by atoms with E-state index in [4.69, 9.17) is 0 Å². The zero-order chi connectivity index (χ0) is 16.8. The zero-order valence-electron chi connectivity index (χ0n) is 14.0. The first-order valence-electron chi connectivity index (χ1n) is 8.10. The molecule has 0 radical (unpaired) electrons. The van der Waals surface area contributed by atoms with Crippen LogP contribution >= 0.6 is 0 Å². The molecule has 6 heteroatoms. The van der Waals surface area contributed by atoms with E-state index >= 15 is 0 Å². The number of rotatable bonds is 6. The Bertz CT molecular complexity index is 533. The van der Waals surface area contributed by atoms with Gasteiger partial charge in [-0.1, -0.05) is 43.7 Å². The van der Waals surface area contributed by atoms with Crippen LogP contribution in [0.4, 0.5) is 0 Å². The van der Waals surface area contributed by atoms with E-state index < -0.39 is 6.04 Å². The van der Waals surface area contributed by atoms with Gasteiger partial charge in [0.15, 0.2) is 0 Å². The Kier molecular flexibility index (Phi) is 6.12. The summed E-state index contributed by atoms with van der Waals surface area (Å²) in [5.74, 6) is -0.291. The van der Waals surface area contributed by atoms with E-state index in [-0.39, 0.29) is 17.9 Å². The number of hydrogen-bond acceptors (Lipinski definition) is 4. The minimum Gasteiger partial charge on any atom is -0.347 e. The standard InChI is InChI=1S/C17H26N4O2/c1-4-8-13-11-14(20-19-13)16(22)18-15(17(23)21(2)3)12-9-6-5-7-10-12/h5-7,9-10,13-15,19-20H,4,8,11H2,1-3H3,(H,18,22). The highest BCUT2D eigenvalue weighted by atomic mass is 16.2. The van der Waals surface area contributed by atoms with E-state index in [1.165, 1.54) is 4.90 Å². The Hall–Kier alpha value is -1.92. The molecule has 2 amide bonds. The van der Waals surface area contributed by atoms with E-state index in [9.17, 15) is 9.59 Å². The molecule has 3 atom stereocenters. The molecule has 1 aromatic rings. The number of carbonyl (C=O) groups excluding carboxylic acids is 2. The van der Waals surface area contributed by atoms with Crippen molar-refractivity contribution in [3.63, 3.8) is 0 Å². The largest absolute Gasteiger partial charge is 0.347 e. The number of nitrogens with zero attached hydrogens (tertiary/aromatic N) is 1. The van der Waals surface area contributed by atoms with Gasteiger partial charge in [0.05, 0.1) is 0 Å².